The highest BCUT2D eigenvalue weighted by Gasteiger charge is 2.25. The van der Waals surface area contributed by atoms with Crippen molar-refractivity contribution in [2.75, 3.05) is 26.0 Å². The first kappa shape index (κ1) is 16.2. The SMILES string of the molecule is CCC(CC)(CNC(=O)COCC(=O)O)SC. The highest BCUT2D eigenvalue weighted by Crippen LogP contribution is 2.29. The van der Waals surface area contributed by atoms with Gasteiger partial charge in [-0.05, 0) is 19.1 Å². The second kappa shape index (κ2) is 8.36. The zero-order valence-corrected chi connectivity index (χ0v) is 11.4. The van der Waals surface area contributed by atoms with E-state index in [2.05, 4.69) is 19.2 Å². The minimum Gasteiger partial charge on any atom is -0.480 e. The molecule has 0 aliphatic rings. The summed E-state index contributed by atoms with van der Waals surface area (Å²) in [5.74, 6) is -1.34. The average molecular weight is 263 g/mol. The molecular formula is C11H21NO4S. The summed E-state index contributed by atoms with van der Waals surface area (Å²) in [6.07, 6.45) is 3.97. The predicted octanol–water partition coefficient (Wildman–Crippen LogP) is 1.13. The lowest BCUT2D eigenvalue weighted by Gasteiger charge is -2.29. The van der Waals surface area contributed by atoms with Crippen LogP contribution in [0.3, 0.4) is 0 Å². The van der Waals surface area contributed by atoms with Crippen molar-refractivity contribution in [1.29, 1.82) is 0 Å². The fraction of sp³-hybridized carbons (Fsp3) is 0.818. The Kier molecular flexibility index (Phi) is 7.99. The van der Waals surface area contributed by atoms with Crippen molar-refractivity contribution in [1.82, 2.24) is 5.32 Å². The van der Waals surface area contributed by atoms with Crippen LogP contribution in [0.2, 0.25) is 0 Å². The number of hydrogen-bond acceptors (Lipinski definition) is 4. The van der Waals surface area contributed by atoms with Crippen LogP contribution in [0.1, 0.15) is 26.7 Å². The zero-order chi connectivity index (χ0) is 13.3. The summed E-state index contributed by atoms with van der Waals surface area (Å²) in [7, 11) is 0. The third-order valence-corrected chi connectivity index (χ3v) is 4.38. The van der Waals surface area contributed by atoms with E-state index in [1.165, 1.54) is 0 Å². The average Bonchev–Trinajstić information content (AvgIpc) is 2.31. The molecule has 2 N–H and O–H groups in total. The maximum Gasteiger partial charge on any atom is 0.329 e. The van der Waals surface area contributed by atoms with E-state index < -0.39 is 12.6 Å². The first-order valence-corrected chi connectivity index (χ1v) is 6.83. The zero-order valence-electron chi connectivity index (χ0n) is 10.6. The Bertz CT molecular complexity index is 246. The molecule has 0 aromatic carbocycles. The van der Waals surface area contributed by atoms with Crippen molar-refractivity contribution < 1.29 is 19.4 Å². The summed E-state index contributed by atoms with van der Waals surface area (Å²) >= 11 is 1.74. The molecule has 0 aliphatic heterocycles. The molecule has 0 aliphatic carbocycles. The van der Waals surface area contributed by atoms with Gasteiger partial charge in [0.15, 0.2) is 0 Å². The lowest BCUT2D eigenvalue weighted by molar-refractivity contribution is -0.143. The number of ether oxygens (including phenoxy) is 1. The van der Waals surface area contributed by atoms with E-state index in [-0.39, 0.29) is 17.3 Å². The van der Waals surface area contributed by atoms with Gasteiger partial charge in [0.25, 0.3) is 0 Å². The fourth-order valence-electron chi connectivity index (χ4n) is 1.40. The van der Waals surface area contributed by atoms with Gasteiger partial charge < -0.3 is 15.2 Å². The molecule has 0 saturated carbocycles. The van der Waals surface area contributed by atoms with Gasteiger partial charge in [0.2, 0.25) is 5.91 Å². The predicted molar refractivity (Wildman–Crippen MR) is 68.3 cm³/mol. The summed E-state index contributed by atoms with van der Waals surface area (Å²) in [6.45, 7) is 4.11. The van der Waals surface area contributed by atoms with Gasteiger partial charge in [-0.25, -0.2) is 4.79 Å². The Morgan fingerprint density at radius 2 is 1.88 bits per heavy atom. The Hall–Kier alpha value is -0.750. The standard InChI is InChI=1S/C11H21NO4S/c1-4-11(5-2,17-3)8-12-9(13)6-16-7-10(14)15/h4-8H2,1-3H3,(H,12,13)(H,14,15). The van der Waals surface area contributed by atoms with E-state index in [1.807, 2.05) is 6.26 Å². The van der Waals surface area contributed by atoms with Crippen LogP contribution in [-0.4, -0.2) is 47.7 Å². The molecule has 0 radical (unpaired) electrons. The molecular weight excluding hydrogens is 242 g/mol. The van der Waals surface area contributed by atoms with Gasteiger partial charge in [-0.1, -0.05) is 13.8 Å². The van der Waals surface area contributed by atoms with Crippen molar-refractivity contribution in [3.05, 3.63) is 0 Å². The monoisotopic (exact) mass is 263 g/mol. The van der Waals surface area contributed by atoms with E-state index in [9.17, 15) is 9.59 Å². The quantitative estimate of drug-likeness (QED) is 0.652. The molecule has 0 rings (SSSR count). The van der Waals surface area contributed by atoms with Crippen molar-refractivity contribution >= 4 is 23.6 Å². The summed E-state index contributed by atoms with van der Waals surface area (Å²) in [6, 6.07) is 0. The molecule has 0 heterocycles. The third kappa shape index (κ3) is 6.53. The number of carbonyl (C=O) groups is 2. The van der Waals surface area contributed by atoms with Gasteiger partial charge in [0, 0.05) is 11.3 Å². The molecule has 5 nitrogen and oxygen atoms in total. The summed E-state index contributed by atoms with van der Waals surface area (Å²) in [5.41, 5.74) is 0. The maximum atomic E-state index is 11.4. The molecule has 6 heteroatoms. The van der Waals surface area contributed by atoms with E-state index >= 15 is 0 Å². The number of nitrogens with one attached hydrogen (secondary N) is 1. The number of amides is 1. The van der Waals surface area contributed by atoms with Crippen LogP contribution >= 0.6 is 11.8 Å². The van der Waals surface area contributed by atoms with Crippen LogP contribution in [0.5, 0.6) is 0 Å². The normalized spacial score (nSPS) is 11.2. The Morgan fingerprint density at radius 1 is 1.29 bits per heavy atom. The highest BCUT2D eigenvalue weighted by atomic mass is 32.2. The number of carboxylic acid groups (broad SMARTS) is 1. The fourth-order valence-corrected chi connectivity index (χ4v) is 2.20. The van der Waals surface area contributed by atoms with Crippen LogP contribution in [0, 0.1) is 0 Å². The molecule has 0 spiro atoms. The van der Waals surface area contributed by atoms with Gasteiger partial charge in [-0.15, -0.1) is 0 Å². The lowest BCUT2D eigenvalue weighted by Crippen LogP contribution is -2.41. The second-order valence-corrected chi connectivity index (χ2v) is 5.03. The molecule has 100 valence electrons. The molecule has 0 bridgehead atoms. The van der Waals surface area contributed by atoms with Crippen molar-refractivity contribution in [3.63, 3.8) is 0 Å². The largest absolute Gasteiger partial charge is 0.480 e. The van der Waals surface area contributed by atoms with Gasteiger partial charge in [-0.3, -0.25) is 4.79 Å². The summed E-state index contributed by atoms with van der Waals surface area (Å²) < 4.78 is 4.76. The van der Waals surface area contributed by atoms with Crippen molar-refractivity contribution in [2.24, 2.45) is 0 Å². The van der Waals surface area contributed by atoms with Gasteiger partial charge in [-0.2, -0.15) is 11.8 Å². The minimum atomic E-state index is -1.07. The maximum absolute atomic E-state index is 11.4. The van der Waals surface area contributed by atoms with Gasteiger partial charge in [0.1, 0.15) is 13.2 Å². The Labute approximate surface area is 106 Å². The third-order valence-electron chi connectivity index (χ3n) is 2.79. The molecule has 17 heavy (non-hydrogen) atoms. The second-order valence-electron chi connectivity index (χ2n) is 3.76. The smallest absolute Gasteiger partial charge is 0.329 e. The molecule has 0 aromatic rings. The number of aliphatic carboxylic acids is 1. The van der Waals surface area contributed by atoms with Crippen LogP contribution in [0.4, 0.5) is 0 Å². The highest BCUT2D eigenvalue weighted by molar-refractivity contribution is 8.00. The van der Waals surface area contributed by atoms with Gasteiger partial charge in [0.05, 0.1) is 0 Å². The number of carbonyl (C=O) groups excluding carboxylic acids is 1. The lowest BCUT2D eigenvalue weighted by atomic mass is 10.0. The first-order chi connectivity index (χ1) is 7.99. The van der Waals surface area contributed by atoms with E-state index in [1.54, 1.807) is 11.8 Å². The summed E-state index contributed by atoms with van der Waals surface area (Å²) in [4.78, 5) is 21.6. The Morgan fingerprint density at radius 3 is 2.29 bits per heavy atom. The molecule has 0 fully saturated rings. The van der Waals surface area contributed by atoms with E-state index in [0.717, 1.165) is 12.8 Å². The minimum absolute atomic E-state index is 0.0580. The first-order valence-electron chi connectivity index (χ1n) is 5.61. The number of hydrogen-bond donors (Lipinski definition) is 2. The molecule has 0 aromatic heterocycles. The molecule has 0 atom stereocenters. The van der Waals surface area contributed by atoms with E-state index in [0.29, 0.717) is 6.54 Å². The number of carboxylic acids is 1. The van der Waals surface area contributed by atoms with Crippen LogP contribution in [-0.2, 0) is 14.3 Å². The Balaban J connectivity index is 3.92. The number of rotatable bonds is 9. The molecule has 0 unspecified atom stereocenters. The molecule has 0 saturated heterocycles. The van der Waals surface area contributed by atoms with Crippen LogP contribution in [0.15, 0.2) is 0 Å². The van der Waals surface area contributed by atoms with E-state index in [4.69, 9.17) is 9.84 Å². The summed E-state index contributed by atoms with van der Waals surface area (Å²) in [5, 5.41) is 11.1. The van der Waals surface area contributed by atoms with Crippen molar-refractivity contribution in [2.45, 2.75) is 31.4 Å². The van der Waals surface area contributed by atoms with Gasteiger partial charge >= 0.3 is 5.97 Å². The van der Waals surface area contributed by atoms with Crippen LogP contribution in [0.25, 0.3) is 0 Å². The van der Waals surface area contributed by atoms with Crippen LogP contribution < -0.4 is 5.32 Å². The number of thioether (sulfide) groups is 1. The molecule has 1 amide bonds. The topological polar surface area (TPSA) is 75.6 Å². The van der Waals surface area contributed by atoms with Crippen molar-refractivity contribution in [3.8, 4) is 0 Å².